The van der Waals surface area contributed by atoms with E-state index in [1.54, 1.807) is 0 Å². The minimum Gasteiger partial charge on any atom is -0.352 e. The molecule has 0 bridgehead atoms. The van der Waals surface area contributed by atoms with Crippen molar-refractivity contribution in [3.63, 3.8) is 0 Å². The van der Waals surface area contributed by atoms with Crippen LogP contribution in [0.5, 0.6) is 0 Å². The number of nitrogens with zero attached hydrogens (tertiary/aromatic N) is 1. The lowest BCUT2D eigenvalue weighted by molar-refractivity contribution is -0.117. The van der Waals surface area contributed by atoms with Gasteiger partial charge in [-0.2, -0.15) is 0 Å². The molecule has 0 saturated carbocycles. The van der Waals surface area contributed by atoms with Crippen molar-refractivity contribution in [2.24, 2.45) is 5.92 Å². The van der Waals surface area contributed by atoms with Crippen molar-refractivity contribution in [1.29, 1.82) is 0 Å². The molecule has 6 nitrogen and oxygen atoms in total. The standard InChI is InChI=1S/C26H32N4O2/c31-25-13-23(17-30(25)24-8-7-22-16-28-11-9-21(22)12-24)19-3-5-20(6-4-19)26(32)29-15-18-2-1-10-27-14-18/h3-8,12,18,23,27-28H,1-2,9-11,13-17H2,(H,29,32). The Morgan fingerprint density at radius 3 is 2.75 bits per heavy atom. The van der Waals surface area contributed by atoms with Gasteiger partial charge in [0.2, 0.25) is 5.91 Å². The molecule has 2 aromatic carbocycles. The molecule has 0 spiro atoms. The van der Waals surface area contributed by atoms with Gasteiger partial charge in [-0.1, -0.05) is 18.2 Å². The van der Waals surface area contributed by atoms with Gasteiger partial charge in [0.1, 0.15) is 0 Å². The molecule has 3 aliphatic heterocycles. The summed E-state index contributed by atoms with van der Waals surface area (Å²) in [6.45, 7) is 5.37. The molecule has 0 radical (unpaired) electrons. The topological polar surface area (TPSA) is 73.5 Å². The summed E-state index contributed by atoms with van der Waals surface area (Å²) >= 11 is 0. The molecule has 0 aliphatic carbocycles. The molecule has 3 N–H and O–H groups in total. The normalized spacial score (nSPS) is 23.1. The predicted molar refractivity (Wildman–Crippen MR) is 126 cm³/mol. The highest BCUT2D eigenvalue weighted by molar-refractivity contribution is 5.97. The van der Waals surface area contributed by atoms with Crippen molar-refractivity contribution in [1.82, 2.24) is 16.0 Å². The first-order valence-corrected chi connectivity index (χ1v) is 11.9. The summed E-state index contributed by atoms with van der Waals surface area (Å²) in [5.74, 6) is 0.828. The van der Waals surface area contributed by atoms with Gasteiger partial charge in [0, 0.05) is 43.2 Å². The van der Waals surface area contributed by atoms with Gasteiger partial charge in [0.25, 0.3) is 5.91 Å². The molecule has 2 fully saturated rings. The molecule has 0 aromatic heterocycles. The molecule has 6 heteroatoms. The number of hydrogen-bond donors (Lipinski definition) is 3. The highest BCUT2D eigenvalue weighted by atomic mass is 16.2. The molecule has 2 atom stereocenters. The summed E-state index contributed by atoms with van der Waals surface area (Å²) in [6, 6.07) is 14.2. The van der Waals surface area contributed by atoms with Crippen LogP contribution >= 0.6 is 0 Å². The minimum absolute atomic E-state index is 0.0187. The van der Waals surface area contributed by atoms with E-state index in [0.29, 0.717) is 24.4 Å². The summed E-state index contributed by atoms with van der Waals surface area (Å²) in [6.07, 6.45) is 3.86. The van der Waals surface area contributed by atoms with Crippen LogP contribution in [0.15, 0.2) is 42.5 Å². The van der Waals surface area contributed by atoms with Crippen LogP contribution in [0.2, 0.25) is 0 Å². The Morgan fingerprint density at radius 1 is 1.06 bits per heavy atom. The van der Waals surface area contributed by atoms with Crippen LogP contribution in [-0.4, -0.2) is 44.5 Å². The fourth-order valence-electron chi connectivity index (χ4n) is 5.16. The average Bonchev–Trinajstić information content (AvgIpc) is 3.24. The van der Waals surface area contributed by atoms with Gasteiger partial charge in [0.05, 0.1) is 0 Å². The number of piperidine rings is 1. The number of rotatable bonds is 5. The highest BCUT2D eigenvalue weighted by Gasteiger charge is 2.32. The van der Waals surface area contributed by atoms with E-state index in [2.05, 4.69) is 34.1 Å². The highest BCUT2D eigenvalue weighted by Crippen LogP contribution is 2.33. The lowest BCUT2D eigenvalue weighted by atomic mass is 9.96. The van der Waals surface area contributed by atoms with Crippen LogP contribution in [0.1, 0.15) is 52.2 Å². The number of nitrogens with one attached hydrogen (secondary N) is 3. The number of anilines is 1. The summed E-state index contributed by atoms with van der Waals surface area (Å²) < 4.78 is 0. The molecule has 5 rings (SSSR count). The monoisotopic (exact) mass is 432 g/mol. The number of benzene rings is 2. The Balaban J connectivity index is 1.21. The lowest BCUT2D eigenvalue weighted by Crippen LogP contribution is -2.38. The fourth-order valence-corrected chi connectivity index (χ4v) is 5.16. The van der Waals surface area contributed by atoms with E-state index in [0.717, 1.165) is 50.4 Å². The molecule has 32 heavy (non-hydrogen) atoms. The quantitative estimate of drug-likeness (QED) is 0.679. The van der Waals surface area contributed by atoms with Crippen LogP contribution in [0.4, 0.5) is 5.69 Å². The zero-order valence-corrected chi connectivity index (χ0v) is 18.5. The average molecular weight is 433 g/mol. The molecule has 168 valence electrons. The van der Waals surface area contributed by atoms with Crippen LogP contribution in [0.25, 0.3) is 0 Å². The summed E-state index contributed by atoms with van der Waals surface area (Å²) in [5, 5.41) is 9.85. The molecule has 2 aromatic rings. The molecule has 2 unspecified atom stereocenters. The van der Waals surface area contributed by atoms with Gasteiger partial charge in [-0.15, -0.1) is 0 Å². The van der Waals surface area contributed by atoms with Gasteiger partial charge >= 0.3 is 0 Å². The number of amides is 2. The van der Waals surface area contributed by atoms with Crippen molar-refractivity contribution in [3.05, 3.63) is 64.7 Å². The van der Waals surface area contributed by atoms with Crippen molar-refractivity contribution in [3.8, 4) is 0 Å². The summed E-state index contributed by atoms with van der Waals surface area (Å²) in [7, 11) is 0. The Kier molecular flexibility index (Phi) is 6.23. The zero-order valence-electron chi connectivity index (χ0n) is 18.5. The summed E-state index contributed by atoms with van der Waals surface area (Å²) in [5.41, 5.74) is 5.48. The number of fused-ring (bicyclic) bond motifs is 1. The number of carbonyl (C=O) groups is 2. The third-order valence-corrected chi connectivity index (χ3v) is 7.11. The Morgan fingerprint density at radius 2 is 1.94 bits per heavy atom. The largest absolute Gasteiger partial charge is 0.352 e. The fraction of sp³-hybridized carbons (Fsp3) is 0.462. The number of carbonyl (C=O) groups excluding carboxylic acids is 2. The minimum atomic E-state index is -0.0187. The molecule has 2 amide bonds. The first kappa shape index (κ1) is 21.2. The van der Waals surface area contributed by atoms with Crippen molar-refractivity contribution < 1.29 is 9.59 Å². The van der Waals surface area contributed by atoms with Crippen LogP contribution in [0, 0.1) is 5.92 Å². The van der Waals surface area contributed by atoms with Gasteiger partial charge in [0.15, 0.2) is 0 Å². The van der Waals surface area contributed by atoms with Crippen molar-refractivity contribution in [2.45, 2.75) is 38.1 Å². The van der Waals surface area contributed by atoms with E-state index in [1.807, 2.05) is 29.2 Å². The third-order valence-electron chi connectivity index (χ3n) is 7.11. The third kappa shape index (κ3) is 4.57. The van der Waals surface area contributed by atoms with Crippen LogP contribution in [-0.2, 0) is 17.8 Å². The SMILES string of the molecule is O=C(NCC1CCCNC1)c1ccc(C2CC(=O)N(c3ccc4c(c3)CCNC4)C2)cc1. The second-order valence-electron chi connectivity index (χ2n) is 9.33. The second-order valence-corrected chi connectivity index (χ2v) is 9.33. The molecule has 3 heterocycles. The smallest absolute Gasteiger partial charge is 0.251 e. The molecular formula is C26H32N4O2. The van der Waals surface area contributed by atoms with Gasteiger partial charge < -0.3 is 20.9 Å². The molecular weight excluding hydrogens is 400 g/mol. The van der Waals surface area contributed by atoms with Crippen LogP contribution < -0.4 is 20.9 Å². The van der Waals surface area contributed by atoms with Gasteiger partial charge in [-0.3, -0.25) is 9.59 Å². The maximum atomic E-state index is 12.8. The first-order valence-electron chi connectivity index (χ1n) is 11.9. The Bertz CT molecular complexity index is 982. The van der Waals surface area contributed by atoms with E-state index in [1.165, 1.54) is 24.0 Å². The van der Waals surface area contributed by atoms with E-state index in [4.69, 9.17) is 0 Å². The molecule has 2 saturated heterocycles. The van der Waals surface area contributed by atoms with E-state index in [9.17, 15) is 9.59 Å². The maximum Gasteiger partial charge on any atom is 0.251 e. The van der Waals surface area contributed by atoms with E-state index < -0.39 is 0 Å². The first-order chi connectivity index (χ1) is 15.7. The summed E-state index contributed by atoms with van der Waals surface area (Å²) in [4.78, 5) is 27.2. The van der Waals surface area contributed by atoms with Crippen LogP contribution in [0.3, 0.4) is 0 Å². The Hall–Kier alpha value is -2.70. The zero-order chi connectivity index (χ0) is 21.9. The van der Waals surface area contributed by atoms with Gasteiger partial charge in [-0.25, -0.2) is 0 Å². The lowest BCUT2D eigenvalue weighted by Gasteiger charge is -2.23. The van der Waals surface area contributed by atoms with Crippen molar-refractivity contribution in [2.75, 3.05) is 37.6 Å². The van der Waals surface area contributed by atoms with Gasteiger partial charge in [-0.05, 0) is 85.8 Å². The van der Waals surface area contributed by atoms with E-state index >= 15 is 0 Å². The second kappa shape index (κ2) is 9.43. The van der Waals surface area contributed by atoms with Crippen molar-refractivity contribution >= 4 is 17.5 Å². The Labute approximate surface area is 189 Å². The molecule has 3 aliphatic rings. The predicted octanol–water partition coefficient (Wildman–Crippen LogP) is 2.58. The van der Waals surface area contributed by atoms with E-state index in [-0.39, 0.29) is 17.7 Å². The maximum absolute atomic E-state index is 12.8. The number of hydrogen-bond acceptors (Lipinski definition) is 4.